The molecule has 2 aromatic rings. The highest BCUT2D eigenvalue weighted by atomic mass is 35.5. The average molecular weight is 366 g/mol. The third-order valence-electron chi connectivity index (χ3n) is 3.49. The Labute approximate surface area is 150 Å². The second-order valence-corrected chi connectivity index (χ2v) is 5.98. The van der Waals surface area contributed by atoms with Crippen LogP contribution in [0, 0.1) is 13.8 Å². The summed E-state index contributed by atoms with van der Waals surface area (Å²) >= 11 is 12.1. The van der Waals surface area contributed by atoms with E-state index in [4.69, 9.17) is 23.2 Å². The van der Waals surface area contributed by atoms with Gasteiger partial charge in [0.25, 0.3) is 5.91 Å². The first-order valence-electron chi connectivity index (χ1n) is 7.35. The number of carbonyl (C=O) groups is 2. The molecule has 3 amide bonds. The topological polar surface area (TPSA) is 71.1 Å². The number of imide groups is 1. The molecule has 0 fully saturated rings. The average Bonchev–Trinajstić information content (AvgIpc) is 2.53. The van der Waals surface area contributed by atoms with Gasteiger partial charge in [0, 0.05) is 6.54 Å². The molecule has 0 radical (unpaired) electrons. The zero-order valence-corrected chi connectivity index (χ0v) is 14.8. The fourth-order valence-corrected chi connectivity index (χ4v) is 2.72. The van der Waals surface area contributed by atoms with Crippen LogP contribution in [0.5, 0.6) is 0 Å². The first-order chi connectivity index (χ1) is 11.4. The van der Waals surface area contributed by atoms with E-state index in [0.29, 0.717) is 29.2 Å². The molecule has 24 heavy (non-hydrogen) atoms. The Kier molecular flexibility index (Phi) is 6.17. The molecule has 0 aliphatic rings. The van der Waals surface area contributed by atoms with E-state index in [1.807, 2.05) is 30.3 Å². The second kappa shape index (κ2) is 8.13. The number of urea groups is 1. The van der Waals surface area contributed by atoms with E-state index in [2.05, 4.69) is 15.6 Å². The molecule has 7 heteroatoms. The van der Waals surface area contributed by atoms with Gasteiger partial charge in [-0.15, -0.1) is 0 Å². The summed E-state index contributed by atoms with van der Waals surface area (Å²) in [5.74, 6) is -0.635. The first-order valence-corrected chi connectivity index (χ1v) is 8.11. The smallest absolute Gasteiger partial charge is 0.321 e. The van der Waals surface area contributed by atoms with Gasteiger partial charge in [-0.05, 0) is 31.4 Å². The van der Waals surface area contributed by atoms with Crippen molar-refractivity contribution in [1.29, 1.82) is 0 Å². The maximum atomic E-state index is 12.2. The van der Waals surface area contributed by atoms with Crippen LogP contribution < -0.4 is 10.6 Å². The largest absolute Gasteiger partial charge is 0.337 e. The summed E-state index contributed by atoms with van der Waals surface area (Å²) in [4.78, 5) is 28.1. The molecule has 0 spiro atoms. The number of aromatic nitrogens is 1. The van der Waals surface area contributed by atoms with Gasteiger partial charge in [0.15, 0.2) is 0 Å². The molecule has 1 aromatic carbocycles. The Morgan fingerprint density at radius 2 is 1.79 bits per heavy atom. The molecule has 0 saturated carbocycles. The van der Waals surface area contributed by atoms with Crippen LogP contribution >= 0.6 is 23.2 Å². The number of nitrogens with one attached hydrogen (secondary N) is 2. The number of hydrogen-bond donors (Lipinski definition) is 2. The van der Waals surface area contributed by atoms with E-state index in [1.54, 1.807) is 13.8 Å². The minimum absolute atomic E-state index is 0.0176. The van der Waals surface area contributed by atoms with Crippen molar-refractivity contribution in [3.8, 4) is 0 Å². The molecule has 0 bridgehead atoms. The lowest BCUT2D eigenvalue weighted by Gasteiger charge is -2.12. The summed E-state index contributed by atoms with van der Waals surface area (Å²) in [5.41, 5.74) is 2.22. The standard InChI is InChI=1S/C17H17Cl2N3O2/c1-10-13(15(19)21-11(2)14(10)18)16(23)22-17(24)20-9-8-12-6-4-3-5-7-12/h3-7H,8-9H2,1-2H3,(H2,20,22,23,24). The van der Waals surface area contributed by atoms with Crippen molar-refractivity contribution in [1.82, 2.24) is 15.6 Å². The summed E-state index contributed by atoms with van der Waals surface area (Å²) in [6.07, 6.45) is 0.667. The molecule has 5 nitrogen and oxygen atoms in total. The van der Waals surface area contributed by atoms with Crippen LogP contribution in [0.25, 0.3) is 0 Å². The summed E-state index contributed by atoms with van der Waals surface area (Å²) in [6.45, 7) is 3.76. The molecule has 0 saturated heterocycles. The summed E-state index contributed by atoms with van der Waals surface area (Å²) in [6, 6.07) is 9.12. The third kappa shape index (κ3) is 4.46. The molecule has 2 N–H and O–H groups in total. The Morgan fingerprint density at radius 1 is 1.12 bits per heavy atom. The van der Waals surface area contributed by atoms with Crippen molar-refractivity contribution in [3.63, 3.8) is 0 Å². The van der Waals surface area contributed by atoms with E-state index in [-0.39, 0.29) is 10.7 Å². The molecule has 1 heterocycles. The normalized spacial score (nSPS) is 10.3. The van der Waals surface area contributed by atoms with Crippen molar-refractivity contribution in [2.75, 3.05) is 6.54 Å². The maximum Gasteiger partial charge on any atom is 0.321 e. The van der Waals surface area contributed by atoms with Gasteiger partial charge in [0.1, 0.15) is 5.15 Å². The van der Waals surface area contributed by atoms with Gasteiger partial charge in [-0.1, -0.05) is 53.5 Å². The quantitative estimate of drug-likeness (QED) is 0.811. The van der Waals surface area contributed by atoms with Crippen LogP contribution in [0.4, 0.5) is 4.79 Å². The van der Waals surface area contributed by atoms with E-state index in [0.717, 1.165) is 5.56 Å². The Balaban J connectivity index is 1.95. The van der Waals surface area contributed by atoms with E-state index in [1.165, 1.54) is 0 Å². The van der Waals surface area contributed by atoms with Gasteiger partial charge in [0.2, 0.25) is 0 Å². The molecule has 2 rings (SSSR count). The number of aryl methyl sites for hydroxylation is 1. The molecular formula is C17H17Cl2N3O2. The van der Waals surface area contributed by atoms with Crippen LogP contribution in [0.3, 0.4) is 0 Å². The molecule has 0 aliphatic heterocycles. The van der Waals surface area contributed by atoms with Gasteiger partial charge < -0.3 is 5.32 Å². The van der Waals surface area contributed by atoms with Gasteiger partial charge in [-0.2, -0.15) is 0 Å². The van der Waals surface area contributed by atoms with Crippen LogP contribution in [0.2, 0.25) is 10.2 Å². The molecule has 0 unspecified atom stereocenters. The minimum atomic E-state index is -0.635. The summed E-state index contributed by atoms with van der Waals surface area (Å²) in [7, 11) is 0. The van der Waals surface area contributed by atoms with Crippen LogP contribution in [-0.4, -0.2) is 23.5 Å². The molecule has 1 aromatic heterocycles. The number of benzene rings is 1. The minimum Gasteiger partial charge on any atom is -0.337 e. The highest BCUT2D eigenvalue weighted by Gasteiger charge is 2.20. The number of halogens is 2. The predicted octanol–water partition coefficient (Wildman–Crippen LogP) is 3.69. The number of rotatable bonds is 4. The SMILES string of the molecule is Cc1nc(Cl)c(C(=O)NC(=O)NCCc2ccccc2)c(C)c1Cl. The zero-order valence-electron chi connectivity index (χ0n) is 13.3. The van der Waals surface area contributed by atoms with Crippen LogP contribution in [0.15, 0.2) is 30.3 Å². The number of nitrogens with zero attached hydrogens (tertiary/aromatic N) is 1. The lowest BCUT2D eigenvalue weighted by Crippen LogP contribution is -2.40. The lowest BCUT2D eigenvalue weighted by atomic mass is 10.1. The van der Waals surface area contributed by atoms with Gasteiger partial charge in [-0.25, -0.2) is 9.78 Å². The van der Waals surface area contributed by atoms with Crippen molar-refractivity contribution >= 4 is 35.1 Å². The molecule has 126 valence electrons. The van der Waals surface area contributed by atoms with Gasteiger partial charge in [0.05, 0.1) is 16.3 Å². The van der Waals surface area contributed by atoms with Crippen molar-refractivity contribution < 1.29 is 9.59 Å². The predicted molar refractivity (Wildman–Crippen MR) is 94.7 cm³/mol. The highest BCUT2D eigenvalue weighted by molar-refractivity contribution is 6.36. The summed E-state index contributed by atoms with van der Waals surface area (Å²) < 4.78 is 0. The molecule has 0 atom stereocenters. The van der Waals surface area contributed by atoms with Gasteiger partial charge >= 0.3 is 6.03 Å². The zero-order chi connectivity index (χ0) is 17.7. The number of hydrogen-bond acceptors (Lipinski definition) is 3. The Hall–Kier alpha value is -2.11. The van der Waals surface area contributed by atoms with E-state index >= 15 is 0 Å². The Morgan fingerprint density at radius 3 is 2.46 bits per heavy atom. The highest BCUT2D eigenvalue weighted by Crippen LogP contribution is 2.26. The number of amides is 3. The van der Waals surface area contributed by atoms with Crippen LogP contribution in [-0.2, 0) is 6.42 Å². The van der Waals surface area contributed by atoms with E-state index < -0.39 is 11.9 Å². The number of pyridine rings is 1. The second-order valence-electron chi connectivity index (χ2n) is 5.25. The lowest BCUT2D eigenvalue weighted by molar-refractivity contribution is 0.0963. The monoisotopic (exact) mass is 365 g/mol. The summed E-state index contributed by atoms with van der Waals surface area (Å²) in [5, 5.41) is 5.24. The Bertz CT molecular complexity index is 764. The fourth-order valence-electron chi connectivity index (χ4n) is 2.23. The maximum absolute atomic E-state index is 12.2. The van der Waals surface area contributed by atoms with Crippen molar-refractivity contribution in [2.45, 2.75) is 20.3 Å². The molecular weight excluding hydrogens is 349 g/mol. The van der Waals surface area contributed by atoms with E-state index in [9.17, 15) is 9.59 Å². The third-order valence-corrected chi connectivity index (χ3v) is 4.32. The fraction of sp³-hybridized carbons (Fsp3) is 0.235. The number of carbonyl (C=O) groups excluding carboxylic acids is 2. The van der Waals surface area contributed by atoms with Gasteiger partial charge in [-0.3, -0.25) is 10.1 Å². The van der Waals surface area contributed by atoms with Crippen molar-refractivity contribution in [2.24, 2.45) is 0 Å². The molecule has 0 aliphatic carbocycles. The van der Waals surface area contributed by atoms with Crippen LogP contribution in [0.1, 0.15) is 27.2 Å². The van der Waals surface area contributed by atoms with Crippen molar-refractivity contribution in [3.05, 3.63) is 62.9 Å². The first kappa shape index (κ1) is 18.2.